The van der Waals surface area contributed by atoms with E-state index in [2.05, 4.69) is 10.5 Å². The summed E-state index contributed by atoms with van der Waals surface area (Å²) in [6, 6.07) is 0.594. The molecule has 1 aliphatic rings. The van der Waals surface area contributed by atoms with E-state index >= 15 is 0 Å². The van der Waals surface area contributed by atoms with Crippen molar-refractivity contribution in [3.05, 3.63) is 33.1 Å². The molecule has 8 nitrogen and oxygen atoms in total. The van der Waals surface area contributed by atoms with E-state index in [9.17, 15) is 14.4 Å². The largest absolute Gasteiger partial charge is 0.465 e. The van der Waals surface area contributed by atoms with Crippen molar-refractivity contribution in [2.45, 2.75) is 25.6 Å². The van der Waals surface area contributed by atoms with Crippen LogP contribution in [0.1, 0.15) is 19.6 Å². The van der Waals surface area contributed by atoms with Crippen LogP contribution in [-0.2, 0) is 14.4 Å². The highest BCUT2D eigenvalue weighted by Crippen LogP contribution is 2.19. The summed E-state index contributed by atoms with van der Waals surface area (Å²) in [4.78, 5) is 41.1. The second-order valence-electron chi connectivity index (χ2n) is 3.75. The Balaban J connectivity index is 2.11. The lowest BCUT2D eigenvalue weighted by atomic mass is 10.2. The molecular formula is C10H13N3O5. The maximum absolute atomic E-state index is 11.5. The minimum Gasteiger partial charge on any atom is -0.465 e. The lowest BCUT2D eigenvalue weighted by Crippen LogP contribution is -2.32. The van der Waals surface area contributed by atoms with Gasteiger partial charge in [-0.25, -0.2) is 4.79 Å². The van der Waals surface area contributed by atoms with Crippen LogP contribution in [-0.4, -0.2) is 28.2 Å². The molecule has 1 aromatic rings. The number of hydrogen-bond donors (Lipinski definition) is 2. The van der Waals surface area contributed by atoms with Crippen molar-refractivity contribution < 1.29 is 14.4 Å². The Hall–Kier alpha value is -1.93. The summed E-state index contributed by atoms with van der Waals surface area (Å²) in [6.45, 7) is 1.98. The van der Waals surface area contributed by atoms with E-state index < -0.39 is 29.5 Å². The minimum absolute atomic E-state index is 0.255. The van der Waals surface area contributed by atoms with Crippen LogP contribution in [0.2, 0.25) is 0 Å². The second-order valence-corrected chi connectivity index (χ2v) is 3.75. The fourth-order valence-electron chi connectivity index (χ4n) is 1.67. The highest BCUT2D eigenvalue weighted by atomic mass is 16.7. The molecule has 18 heavy (non-hydrogen) atoms. The number of esters is 1. The van der Waals surface area contributed by atoms with Crippen molar-refractivity contribution in [3.63, 3.8) is 0 Å². The van der Waals surface area contributed by atoms with Gasteiger partial charge in [-0.1, -0.05) is 0 Å². The van der Waals surface area contributed by atoms with Gasteiger partial charge in [-0.3, -0.25) is 24.0 Å². The van der Waals surface area contributed by atoms with E-state index in [1.165, 1.54) is 16.8 Å². The predicted octanol–water partition coefficient (Wildman–Crippen LogP) is -1.11. The molecule has 1 aliphatic heterocycles. The molecule has 1 saturated heterocycles. The topological polar surface area (TPSA) is 102 Å². The number of aromatic nitrogens is 2. The summed E-state index contributed by atoms with van der Waals surface area (Å²) in [5, 5.41) is 0. The summed E-state index contributed by atoms with van der Waals surface area (Å²) in [5.41, 5.74) is 1.44. The SMILES string of the molecule is CCOC(=O)[C@H]1C[C@@H](n2ccc(=O)[nH]c2=O)ON1. The Morgan fingerprint density at radius 2 is 2.39 bits per heavy atom. The lowest BCUT2D eigenvalue weighted by Gasteiger charge is -2.10. The van der Waals surface area contributed by atoms with Crippen molar-refractivity contribution in [2.24, 2.45) is 0 Å². The molecule has 2 N–H and O–H groups in total. The number of carbonyl (C=O) groups is 1. The van der Waals surface area contributed by atoms with Gasteiger partial charge in [0.2, 0.25) is 0 Å². The molecule has 1 aromatic heterocycles. The zero-order valence-electron chi connectivity index (χ0n) is 9.71. The normalized spacial score (nSPS) is 22.9. The zero-order chi connectivity index (χ0) is 13.1. The third kappa shape index (κ3) is 2.49. The maximum atomic E-state index is 11.5. The summed E-state index contributed by atoms with van der Waals surface area (Å²) < 4.78 is 6.03. The molecule has 98 valence electrons. The Bertz CT molecular complexity index is 549. The van der Waals surface area contributed by atoms with Crippen LogP contribution in [0.15, 0.2) is 21.9 Å². The molecule has 2 rings (SSSR count). The van der Waals surface area contributed by atoms with Crippen LogP contribution in [0, 0.1) is 0 Å². The van der Waals surface area contributed by atoms with Gasteiger partial charge in [-0.05, 0) is 6.92 Å². The van der Waals surface area contributed by atoms with Gasteiger partial charge in [0.15, 0.2) is 6.23 Å². The fourth-order valence-corrected chi connectivity index (χ4v) is 1.67. The average molecular weight is 255 g/mol. The van der Waals surface area contributed by atoms with Crippen LogP contribution >= 0.6 is 0 Å². The van der Waals surface area contributed by atoms with Gasteiger partial charge >= 0.3 is 11.7 Å². The standard InChI is InChI=1S/C10H13N3O5/c1-2-17-9(15)6-5-8(18-12-6)13-4-3-7(14)11-10(13)16/h3-4,6,8,12H,2,5H2,1H3,(H,11,14,16)/t6-,8+/m1/s1. The van der Waals surface area contributed by atoms with Crippen LogP contribution in [0.25, 0.3) is 0 Å². The molecule has 0 radical (unpaired) electrons. The van der Waals surface area contributed by atoms with Crippen LogP contribution in [0.3, 0.4) is 0 Å². The van der Waals surface area contributed by atoms with Gasteiger partial charge in [0.05, 0.1) is 6.61 Å². The van der Waals surface area contributed by atoms with Crippen molar-refractivity contribution in [3.8, 4) is 0 Å². The Morgan fingerprint density at radius 1 is 1.61 bits per heavy atom. The number of ether oxygens (including phenoxy) is 1. The molecule has 0 amide bonds. The summed E-state index contributed by atoms with van der Waals surface area (Å²) in [7, 11) is 0. The minimum atomic E-state index is -0.649. The van der Waals surface area contributed by atoms with Crippen LogP contribution in [0.5, 0.6) is 0 Å². The fraction of sp³-hybridized carbons (Fsp3) is 0.500. The van der Waals surface area contributed by atoms with Gasteiger partial charge < -0.3 is 4.74 Å². The van der Waals surface area contributed by atoms with E-state index in [1.54, 1.807) is 6.92 Å². The third-order valence-corrected chi connectivity index (χ3v) is 2.52. The van der Waals surface area contributed by atoms with E-state index in [0.29, 0.717) is 0 Å². The summed E-state index contributed by atoms with van der Waals surface area (Å²) >= 11 is 0. The number of hydrogen-bond acceptors (Lipinski definition) is 6. The lowest BCUT2D eigenvalue weighted by molar-refractivity contribution is -0.147. The smallest absolute Gasteiger partial charge is 0.330 e. The Labute approximate surface area is 101 Å². The van der Waals surface area contributed by atoms with E-state index in [0.717, 1.165) is 0 Å². The number of carbonyl (C=O) groups excluding carboxylic acids is 1. The quantitative estimate of drug-likeness (QED) is 0.664. The van der Waals surface area contributed by atoms with Crippen molar-refractivity contribution >= 4 is 5.97 Å². The molecular weight excluding hydrogens is 242 g/mol. The highest BCUT2D eigenvalue weighted by molar-refractivity contribution is 5.75. The van der Waals surface area contributed by atoms with E-state index in [4.69, 9.17) is 9.57 Å². The molecule has 0 unspecified atom stereocenters. The van der Waals surface area contributed by atoms with E-state index in [1.807, 2.05) is 0 Å². The summed E-state index contributed by atoms with van der Waals surface area (Å²) in [6.07, 6.45) is 0.926. The number of nitrogens with zero attached hydrogens (tertiary/aromatic N) is 1. The first-order chi connectivity index (χ1) is 8.61. The van der Waals surface area contributed by atoms with Crippen molar-refractivity contribution in [1.29, 1.82) is 0 Å². The van der Waals surface area contributed by atoms with Gasteiger partial charge in [-0.2, -0.15) is 5.48 Å². The van der Waals surface area contributed by atoms with Crippen LogP contribution < -0.4 is 16.7 Å². The number of rotatable bonds is 3. The van der Waals surface area contributed by atoms with Gasteiger partial charge in [0, 0.05) is 18.7 Å². The molecule has 0 aliphatic carbocycles. The first kappa shape index (κ1) is 12.5. The number of nitrogens with one attached hydrogen (secondary N) is 2. The summed E-state index contributed by atoms with van der Waals surface area (Å²) in [5.74, 6) is -0.433. The molecule has 2 heterocycles. The first-order valence-corrected chi connectivity index (χ1v) is 5.51. The molecule has 0 bridgehead atoms. The Kier molecular flexibility index (Phi) is 3.58. The predicted molar refractivity (Wildman–Crippen MR) is 59.6 cm³/mol. The van der Waals surface area contributed by atoms with Crippen molar-refractivity contribution in [1.82, 2.24) is 15.0 Å². The van der Waals surface area contributed by atoms with Gasteiger partial charge in [0.25, 0.3) is 5.56 Å². The Morgan fingerprint density at radius 3 is 3.06 bits per heavy atom. The molecule has 8 heteroatoms. The molecule has 0 spiro atoms. The number of H-pyrrole nitrogens is 1. The third-order valence-electron chi connectivity index (χ3n) is 2.52. The van der Waals surface area contributed by atoms with Crippen molar-refractivity contribution in [2.75, 3.05) is 6.61 Å². The molecule has 1 fully saturated rings. The van der Waals surface area contributed by atoms with Gasteiger partial charge in [-0.15, -0.1) is 0 Å². The van der Waals surface area contributed by atoms with E-state index in [-0.39, 0.29) is 13.0 Å². The average Bonchev–Trinajstić information content (AvgIpc) is 2.78. The highest BCUT2D eigenvalue weighted by Gasteiger charge is 2.33. The van der Waals surface area contributed by atoms with Crippen LogP contribution in [0.4, 0.5) is 0 Å². The van der Waals surface area contributed by atoms with Gasteiger partial charge in [0.1, 0.15) is 6.04 Å². The second kappa shape index (κ2) is 5.15. The molecule has 0 saturated carbocycles. The number of aromatic amines is 1. The zero-order valence-corrected chi connectivity index (χ0v) is 9.71. The number of hydroxylamine groups is 1. The monoisotopic (exact) mass is 255 g/mol. The first-order valence-electron chi connectivity index (χ1n) is 5.51. The molecule has 2 atom stereocenters. The molecule has 0 aromatic carbocycles. The maximum Gasteiger partial charge on any atom is 0.330 e.